The van der Waals surface area contributed by atoms with Gasteiger partial charge < -0.3 is 10.2 Å². The highest BCUT2D eigenvalue weighted by Crippen LogP contribution is 2.20. The second-order valence-electron chi connectivity index (χ2n) is 8.80. The summed E-state index contributed by atoms with van der Waals surface area (Å²) in [7, 11) is 0. The first kappa shape index (κ1) is 26.3. The fourth-order valence-corrected chi connectivity index (χ4v) is 4.08. The number of hydrogen-bond acceptors (Lipinski definition) is 1. The number of halogens is 1. The molecule has 0 spiro atoms. The smallest absolute Gasteiger partial charge is 0.321 e. The van der Waals surface area contributed by atoms with Gasteiger partial charge in [-0.2, -0.15) is 0 Å². The topological polar surface area (TPSA) is 32.3 Å². The molecule has 32 heavy (non-hydrogen) atoms. The molecule has 0 heterocycles. The zero-order chi connectivity index (χ0) is 23.0. The van der Waals surface area contributed by atoms with Gasteiger partial charge in [-0.1, -0.05) is 99.9 Å². The van der Waals surface area contributed by atoms with Crippen molar-refractivity contribution in [3.05, 3.63) is 64.7 Å². The Morgan fingerprint density at radius 2 is 1.47 bits per heavy atom. The summed E-state index contributed by atoms with van der Waals surface area (Å²) in [4.78, 5) is 15.0. The number of carbonyl (C=O) groups excluding carboxylic acids is 1. The Morgan fingerprint density at radius 1 is 0.844 bits per heavy atom. The van der Waals surface area contributed by atoms with E-state index in [1.165, 1.54) is 50.5 Å². The molecule has 0 radical (unpaired) electrons. The Hall–Kier alpha value is -2.00. The lowest BCUT2D eigenvalue weighted by Crippen LogP contribution is -2.36. The van der Waals surface area contributed by atoms with E-state index in [-0.39, 0.29) is 6.03 Å². The largest absolute Gasteiger partial charge is 0.325 e. The zero-order valence-corrected chi connectivity index (χ0v) is 20.8. The predicted molar refractivity (Wildman–Crippen MR) is 139 cm³/mol. The minimum Gasteiger partial charge on any atom is -0.325 e. The molecule has 0 fully saturated rings. The van der Waals surface area contributed by atoms with Crippen molar-refractivity contribution in [2.75, 3.05) is 18.4 Å². The number of carbonyl (C=O) groups is 1. The normalized spacial score (nSPS) is 10.8. The van der Waals surface area contributed by atoms with E-state index in [2.05, 4.69) is 42.6 Å². The lowest BCUT2D eigenvalue weighted by atomic mass is 10.1. The summed E-state index contributed by atoms with van der Waals surface area (Å²) in [6.07, 6.45) is 13.3. The third-order valence-corrected chi connectivity index (χ3v) is 6.39. The lowest BCUT2D eigenvalue weighted by Gasteiger charge is -2.23. The van der Waals surface area contributed by atoms with Crippen LogP contribution in [-0.2, 0) is 6.42 Å². The van der Waals surface area contributed by atoms with Gasteiger partial charge in [0, 0.05) is 23.8 Å². The molecule has 176 valence electrons. The average molecular weight is 457 g/mol. The first-order valence-corrected chi connectivity index (χ1v) is 12.8. The van der Waals surface area contributed by atoms with Crippen LogP contribution in [0.5, 0.6) is 0 Å². The highest BCUT2D eigenvalue weighted by Gasteiger charge is 2.13. The molecule has 2 aromatic rings. The van der Waals surface area contributed by atoms with Crippen LogP contribution < -0.4 is 5.32 Å². The van der Waals surface area contributed by atoms with Crippen LogP contribution in [0.1, 0.15) is 82.3 Å². The molecule has 2 aromatic carbocycles. The van der Waals surface area contributed by atoms with Gasteiger partial charge in [-0.25, -0.2) is 4.79 Å². The third-order valence-electron chi connectivity index (χ3n) is 5.98. The molecule has 2 amide bonds. The van der Waals surface area contributed by atoms with Crippen molar-refractivity contribution in [1.82, 2.24) is 4.90 Å². The molecule has 0 aliphatic carbocycles. The van der Waals surface area contributed by atoms with Crippen molar-refractivity contribution in [3.8, 4) is 0 Å². The second kappa shape index (κ2) is 15.7. The van der Waals surface area contributed by atoms with Gasteiger partial charge in [-0.15, -0.1) is 0 Å². The summed E-state index contributed by atoms with van der Waals surface area (Å²) in [5.41, 5.74) is 3.14. The van der Waals surface area contributed by atoms with Crippen LogP contribution in [0.3, 0.4) is 0 Å². The summed E-state index contributed by atoms with van der Waals surface area (Å²) in [5, 5.41) is 3.73. The molecule has 1 N–H and O–H groups in total. The summed E-state index contributed by atoms with van der Waals surface area (Å²) in [6.45, 7) is 5.82. The number of unbranched alkanes of at least 4 members (excludes halogenated alkanes) is 8. The summed E-state index contributed by atoms with van der Waals surface area (Å²) >= 11 is 6.24. The number of amides is 2. The molecule has 0 bridgehead atoms. The SMILES string of the molecule is CCCCCCCCCCN(CCCCc1ccccc1)C(=O)Nc1ccc(C)c(Cl)c1. The standard InChI is InChI=1S/C28H41ClN2O/c1-3-4-5-6-7-8-9-14-21-31(22-15-13-18-25-16-11-10-12-17-25)28(32)30-26-20-19-24(2)27(29)23-26/h10-12,16-17,19-20,23H,3-9,13-15,18,21-22H2,1-2H3,(H,30,32). The van der Waals surface area contributed by atoms with E-state index in [9.17, 15) is 4.79 Å². The Morgan fingerprint density at radius 3 is 2.12 bits per heavy atom. The highest BCUT2D eigenvalue weighted by atomic mass is 35.5. The van der Waals surface area contributed by atoms with E-state index in [0.29, 0.717) is 5.02 Å². The number of aryl methyl sites for hydroxylation is 2. The van der Waals surface area contributed by atoms with Crippen molar-refractivity contribution in [1.29, 1.82) is 0 Å². The van der Waals surface area contributed by atoms with Crippen molar-refractivity contribution < 1.29 is 4.79 Å². The Kier molecular flexibility index (Phi) is 12.9. The molecule has 3 nitrogen and oxygen atoms in total. The first-order valence-electron chi connectivity index (χ1n) is 12.5. The summed E-state index contributed by atoms with van der Waals surface area (Å²) < 4.78 is 0. The molecule has 2 rings (SSSR count). The van der Waals surface area contributed by atoms with Gasteiger partial charge in [0.15, 0.2) is 0 Å². The van der Waals surface area contributed by atoms with Gasteiger partial charge in [-0.05, 0) is 55.9 Å². The molecular formula is C28H41ClN2O. The van der Waals surface area contributed by atoms with Crippen LogP contribution in [0, 0.1) is 6.92 Å². The molecule has 0 aromatic heterocycles. The maximum absolute atomic E-state index is 13.0. The van der Waals surface area contributed by atoms with Crippen molar-refractivity contribution in [2.45, 2.75) is 84.5 Å². The van der Waals surface area contributed by atoms with Gasteiger partial charge in [0.1, 0.15) is 0 Å². The fraction of sp³-hybridized carbons (Fsp3) is 0.536. The first-order chi connectivity index (χ1) is 15.6. The van der Waals surface area contributed by atoms with Crippen LogP contribution >= 0.6 is 11.6 Å². The van der Waals surface area contributed by atoms with E-state index in [1.807, 2.05) is 30.0 Å². The molecule has 0 aliphatic rings. The third kappa shape index (κ3) is 10.5. The van der Waals surface area contributed by atoms with Crippen LogP contribution in [-0.4, -0.2) is 24.0 Å². The number of benzene rings is 2. The number of urea groups is 1. The number of rotatable bonds is 15. The van der Waals surface area contributed by atoms with Gasteiger partial charge in [0.2, 0.25) is 0 Å². The Labute approximate surface area is 200 Å². The number of nitrogens with zero attached hydrogens (tertiary/aromatic N) is 1. The van der Waals surface area contributed by atoms with E-state index in [1.54, 1.807) is 0 Å². The van der Waals surface area contributed by atoms with Crippen LogP contribution in [0.2, 0.25) is 5.02 Å². The van der Waals surface area contributed by atoms with E-state index >= 15 is 0 Å². The van der Waals surface area contributed by atoms with E-state index in [0.717, 1.165) is 50.0 Å². The average Bonchev–Trinajstić information content (AvgIpc) is 2.80. The lowest BCUT2D eigenvalue weighted by molar-refractivity contribution is 0.209. The predicted octanol–water partition coefficient (Wildman–Crippen LogP) is 8.65. The van der Waals surface area contributed by atoms with Crippen LogP contribution in [0.4, 0.5) is 10.5 Å². The minimum absolute atomic E-state index is 0.0208. The highest BCUT2D eigenvalue weighted by molar-refractivity contribution is 6.31. The van der Waals surface area contributed by atoms with Gasteiger partial charge >= 0.3 is 6.03 Å². The van der Waals surface area contributed by atoms with Gasteiger partial charge in [0.25, 0.3) is 0 Å². The minimum atomic E-state index is -0.0208. The Bertz CT molecular complexity index is 778. The molecular weight excluding hydrogens is 416 g/mol. The second-order valence-corrected chi connectivity index (χ2v) is 9.21. The van der Waals surface area contributed by atoms with E-state index in [4.69, 9.17) is 11.6 Å². The Balaban J connectivity index is 1.80. The fourth-order valence-electron chi connectivity index (χ4n) is 3.90. The monoisotopic (exact) mass is 456 g/mol. The summed E-state index contributed by atoms with van der Waals surface area (Å²) in [6, 6.07) is 16.2. The molecule has 4 heteroatoms. The van der Waals surface area contributed by atoms with Crippen molar-refractivity contribution in [2.24, 2.45) is 0 Å². The number of anilines is 1. The maximum atomic E-state index is 13.0. The quantitative estimate of drug-likeness (QED) is 0.267. The molecule has 0 saturated carbocycles. The van der Waals surface area contributed by atoms with Crippen LogP contribution in [0.25, 0.3) is 0 Å². The van der Waals surface area contributed by atoms with Crippen molar-refractivity contribution in [3.63, 3.8) is 0 Å². The van der Waals surface area contributed by atoms with E-state index < -0.39 is 0 Å². The number of nitrogens with one attached hydrogen (secondary N) is 1. The van der Waals surface area contributed by atoms with Crippen LogP contribution in [0.15, 0.2) is 48.5 Å². The summed E-state index contributed by atoms with van der Waals surface area (Å²) in [5.74, 6) is 0. The maximum Gasteiger partial charge on any atom is 0.321 e. The van der Waals surface area contributed by atoms with Crippen molar-refractivity contribution >= 4 is 23.3 Å². The molecule has 0 unspecified atom stereocenters. The molecule has 0 aliphatic heterocycles. The molecule has 0 atom stereocenters. The van der Waals surface area contributed by atoms with Gasteiger partial charge in [-0.3, -0.25) is 0 Å². The van der Waals surface area contributed by atoms with Gasteiger partial charge in [0.05, 0.1) is 0 Å². The zero-order valence-electron chi connectivity index (χ0n) is 20.0. The number of hydrogen-bond donors (Lipinski definition) is 1. The molecule has 0 saturated heterocycles.